The van der Waals surface area contributed by atoms with E-state index in [0.29, 0.717) is 12.6 Å². The lowest BCUT2D eigenvalue weighted by Gasteiger charge is -2.17. The number of hydrogen-bond donors (Lipinski definition) is 2. The maximum atomic E-state index is 5.70. The quantitative estimate of drug-likeness (QED) is 0.727. The van der Waals surface area contributed by atoms with Crippen molar-refractivity contribution in [3.63, 3.8) is 0 Å². The minimum Gasteiger partial charge on any atom is -0.381 e. The van der Waals surface area contributed by atoms with Crippen molar-refractivity contribution >= 4 is 5.69 Å². The lowest BCUT2D eigenvalue weighted by atomic mass is 10.1. The van der Waals surface area contributed by atoms with Gasteiger partial charge < -0.3 is 11.1 Å². The first-order chi connectivity index (χ1) is 6.86. The third-order valence-corrected chi connectivity index (χ3v) is 2.34. The van der Waals surface area contributed by atoms with Crippen LogP contribution in [0.25, 0.3) is 0 Å². The molecule has 1 rings (SSSR count). The van der Waals surface area contributed by atoms with Crippen LogP contribution in [0.5, 0.6) is 0 Å². The minimum absolute atomic E-state index is 0.414. The van der Waals surface area contributed by atoms with Gasteiger partial charge in [0.25, 0.3) is 0 Å². The fourth-order valence-electron chi connectivity index (χ4n) is 1.47. The van der Waals surface area contributed by atoms with Gasteiger partial charge in [0.05, 0.1) is 0 Å². The summed E-state index contributed by atoms with van der Waals surface area (Å²) >= 11 is 0. The molecule has 0 heterocycles. The van der Waals surface area contributed by atoms with Gasteiger partial charge in [-0.1, -0.05) is 38.0 Å². The number of nitrogens with one attached hydrogen (secondary N) is 1. The molecule has 0 radical (unpaired) electrons. The summed E-state index contributed by atoms with van der Waals surface area (Å²) in [6, 6.07) is 10.7. The molecule has 0 spiro atoms. The van der Waals surface area contributed by atoms with Crippen LogP contribution in [0.1, 0.15) is 26.2 Å². The highest BCUT2D eigenvalue weighted by Crippen LogP contribution is 2.10. The lowest BCUT2D eigenvalue weighted by Crippen LogP contribution is -2.28. The van der Waals surface area contributed by atoms with Crippen LogP contribution in [0.4, 0.5) is 5.69 Å². The topological polar surface area (TPSA) is 38.0 Å². The minimum atomic E-state index is 0.414. The van der Waals surface area contributed by atoms with Gasteiger partial charge in [-0.15, -0.1) is 0 Å². The van der Waals surface area contributed by atoms with Gasteiger partial charge >= 0.3 is 0 Å². The number of hydrogen-bond acceptors (Lipinski definition) is 2. The monoisotopic (exact) mass is 192 g/mol. The van der Waals surface area contributed by atoms with E-state index in [4.69, 9.17) is 5.73 Å². The Kier molecular flexibility index (Phi) is 5.08. The molecule has 0 aliphatic rings. The highest BCUT2D eigenvalue weighted by atomic mass is 14.9. The average molecular weight is 192 g/mol. The Labute approximate surface area is 86.5 Å². The van der Waals surface area contributed by atoms with E-state index in [0.717, 1.165) is 6.42 Å². The van der Waals surface area contributed by atoms with E-state index in [1.165, 1.54) is 18.5 Å². The second-order valence-electron chi connectivity index (χ2n) is 3.59. The molecule has 0 bridgehead atoms. The van der Waals surface area contributed by atoms with Crippen molar-refractivity contribution in [1.29, 1.82) is 0 Å². The van der Waals surface area contributed by atoms with Crippen molar-refractivity contribution in [1.82, 2.24) is 0 Å². The first kappa shape index (κ1) is 11.1. The number of unbranched alkanes of at least 4 members (excludes halogenated alkanes) is 1. The van der Waals surface area contributed by atoms with Crippen molar-refractivity contribution in [2.75, 3.05) is 11.9 Å². The molecule has 1 aromatic rings. The van der Waals surface area contributed by atoms with Gasteiger partial charge in [0.15, 0.2) is 0 Å². The summed E-state index contributed by atoms with van der Waals surface area (Å²) in [5.74, 6) is 0. The van der Waals surface area contributed by atoms with Gasteiger partial charge in [-0.3, -0.25) is 0 Å². The highest BCUT2D eigenvalue weighted by Gasteiger charge is 2.04. The third kappa shape index (κ3) is 3.79. The first-order valence-corrected chi connectivity index (χ1v) is 5.38. The molecule has 1 aromatic carbocycles. The van der Waals surface area contributed by atoms with Crippen LogP contribution in [-0.4, -0.2) is 12.6 Å². The molecule has 0 amide bonds. The van der Waals surface area contributed by atoms with Gasteiger partial charge in [-0.25, -0.2) is 0 Å². The zero-order valence-electron chi connectivity index (χ0n) is 8.87. The van der Waals surface area contributed by atoms with E-state index < -0.39 is 0 Å². The first-order valence-electron chi connectivity index (χ1n) is 5.38. The molecule has 0 saturated carbocycles. The summed E-state index contributed by atoms with van der Waals surface area (Å²) in [5, 5.41) is 3.44. The Morgan fingerprint density at radius 1 is 1.29 bits per heavy atom. The van der Waals surface area contributed by atoms with E-state index in [-0.39, 0.29) is 0 Å². The zero-order chi connectivity index (χ0) is 10.2. The van der Waals surface area contributed by atoms with Crippen molar-refractivity contribution in [2.45, 2.75) is 32.2 Å². The van der Waals surface area contributed by atoms with Crippen molar-refractivity contribution in [2.24, 2.45) is 5.73 Å². The van der Waals surface area contributed by atoms with Crippen LogP contribution < -0.4 is 11.1 Å². The molecular weight excluding hydrogens is 172 g/mol. The molecule has 0 aliphatic carbocycles. The molecule has 0 saturated heterocycles. The molecule has 78 valence electrons. The number of rotatable bonds is 6. The fourth-order valence-corrected chi connectivity index (χ4v) is 1.47. The standard InChI is InChI=1S/C12H20N2/c1-2-3-7-12(10-13)14-11-8-5-4-6-9-11/h4-6,8-9,12,14H,2-3,7,10,13H2,1H3. The molecule has 1 atom stereocenters. The second kappa shape index (κ2) is 6.44. The number of nitrogens with two attached hydrogens (primary N) is 1. The van der Waals surface area contributed by atoms with Crippen molar-refractivity contribution in [3.05, 3.63) is 30.3 Å². The molecule has 2 heteroatoms. The smallest absolute Gasteiger partial charge is 0.0383 e. The molecule has 1 unspecified atom stereocenters. The van der Waals surface area contributed by atoms with Gasteiger partial charge in [-0.2, -0.15) is 0 Å². The molecule has 0 aliphatic heterocycles. The fraction of sp³-hybridized carbons (Fsp3) is 0.500. The summed E-state index contributed by atoms with van der Waals surface area (Å²) in [4.78, 5) is 0. The predicted molar refractivity (Wildman–Crippen MR) is 62.4 cm³/mol. The number of para-hydroxylation sites is 1. The van der Waals surface area contributed by atoms with Crippen LogP contribution in [0.3, 0.4) is 0 Å². The highest BCUT2D eigenvalue weighted by molar-refractivity contribution is 5.43. The van der Waals surface area contributed by atoms with Crippen LogP contribution in [0.15, 0.2) is 30.3 Å². The molecule has 2 nitrogen and oxygen atoms in total. The second-order valence-corrected chi connectivity index (χ2v) is 3.59. The van der Waals surface area contributed by atoms with Crippen molar-refractivity contribution < 1.29 is 0 Å². The summed E-state index contributed by atoms with van der Waals surface area (Å²) in [7, 11) is 0. The van der Waals surface area contributed by atoms with E-state index in [1.54, 1.807) is 0 Å². The summed E-state index contributed by atoms with van der Waals surface area (Å²) < 4.78 is 0. The van der Waals surface area contributed by atoms with Crippen LogP contribution >= 0.6 is 0 Å². The van der Waals surface area contributed by atoms with E-state index in [1.807, 2.05) is 18.2 Å². The lowest BCUT2D eigenvalue weighted by molar-refractivity contribution is 0.614. The van der Waals surface area contributed by atoms with E-state index in [2.05, 4.69) is 24.4 Å². The average Bonchev–Trinajstić information content (AvgIpc) is 2.25. The predicted octanol–water partition coefficient (Wildman–Crippen LogP) is 2.62. The zero-order valence-corrected chi connectivity index (χ0v) is 8.87. The maximum Gasteiger partial charge on any atom is 0.0383 e. The maximum absolute atomic E-state index is 5.70. The molecule has 0 aromatic heterocycles. The largest absolute Gasteiger partial charge is 0.381 e. The molecule has 0 fully saturated rings. The van der Waals surface area contributed by atoms with E-state index in [9.17, 15) is 0 Å². The molecule has 14 heavy (non-hydrogen) atoms. The van der Waals surface area contributed by atoms with E-state index >= 15 is 0 Å². The Morgan fingerprint density at radius 3 is 2.57 bits per heavy atom. The van der Waals surface area contributed by atoms with Crippen LogP contribution in [0, 0.1) is 0 Å². The normalized spacial score (nSPS) is 12.4. The van der Waals surface area contributed by atoms with Gasteiger partial charge in [0.1, 0.15) is 0 Å². The van der Waals surface area contributed by atoms with Gasteiger partial charge in [0.2, 0.25) is 0 Å². The number of benzene rings is 1. The Morgan fingerprint density at radius 2 is 2.00 bits per heavy atom. The number of anilines is 1. The Hall–Kier alpha value is -1.02. The summed E-state index contributed by atoms with van der Waals surface area (Å²) in [6.45, 7) is 2.91. The summed E-state index contributed by atoms with van der Waals surface area (Å²) in [6.07, 6.45) is 3.62. The Balaban J connectivity index is 2.40. The van der Waals surface area contributed by atoms with Gasteiger partial charge in [0, 0.05) is 18.3 Å². The molecular formula is C12H20N2. The molecule has 3 N–H and O–H groups in total. The van der Waals surface area contributed by atoms with Crippen molar-refractivity contribution in [3.8, 4) is 0 Å². The van der Waals surface area contributed by atoms with Crippen LogP contribution in [0.2, 0.25) is 0 Å². The van der Waals surface area contributed by atoms with Crippen LogP contribution in [-0.2, 0) is 0 Å². The Bertz CT molecular complexity index is 233. The SMILES string of the molecule is CCCCC(CN)Nc1ccccc1. The summed E-state index contributed by atoms with van der Waals surface area (Å²) in [5.41, 5.74) is 6.86. The third-order valence-electron chi connectivity index (χ3n) is 2.34. The van der Waals surface area contributed by atoms with Gasteiger partial charge in [-0.05, 0) is 18.6 Å².